The van der Waals surface area contributed by atoms with Gasteiger partial charge in [0.25, 0.3) is 0 Å². The lowest BCUT2D eigenvalue weighted by atomic mass is 9.89. The van der Waals surface area contributed by atoms with Crippen LogP contribution in [0.5, 0.6) is 5.75 Å². The molecule has 94 valence electrons. The summed E-state index contributed by atoms with van der Waals surface area (Å²) in [6.07, 6.45) is 2.68. The Morgan fingerprint density at radius 2 is 2.28 bits per heavy atom. The highest BCUT2D eigenvalue weighted by atomic mass is 32.1. The molecule has 0 saturated carbocycles. The van der Waals surface area contributed by atoms with E-state index < -0.39 is 0 Å². The van der Waals surface area contributed by atoms with Crippen molar-refractivity contribution in [1.29, 1.82) is 0 Å². The fourth-order valence-electron chi connectivity index (χ4n) is 2.39. The number of aryl methyl sites for hydroxylation is 1. The molecular formula is C15H16O2S. The number of thiophene rings is 1. The van der Waals surface area contributed by atoms with Crippen LogP contribution >= 0.6 is 11.3 Å². The number of aliphatic hydroxyl groups excluding tert-OH is 1. The number of benzene rings is 1. The number of aliphatic hydroxyl groups is 1. The third-order valence-corrected chi connectivity index (χ3v) is 4.21. The third-order valence-electron chi connectivity index (χ3n) is 3.36. The van der Waals surface area contributed by atoms with Crippen molar-refractivity contribution in [3.8, 4) is 5.75 Å². The lowest BCUT2D eigenvalue weighted by Gasteiger charge is -2.21. The van der Waals surface area contributed by atoms with Gasteiger partial charge in [0.15, 0.2) is 0 Å². The van der Waals surface area contributed by atoms with E-state index in [0.717, 1.165) is 30.6 Å². The maximum Gasteiger partial charge on any atom is 0.122 e. The number of fused-ring (bicyclic) bond motifs is 1. The summed E-state index contributed by atoms with van der Waals surface area (Å²) in [5, 5.41) is 12.0. The summed E-state index contributed by atoms with van der Waals surface area (Å²) in [7, 11) is 0. The van der Waals surface area contributed by atoms with Crippen molar-refractivity contribution in [2.45, 2.75) is 32.0 Å². The summed E-state index contributed by atoms with van der Waals surface area (Å²) in [5.74, 6) is 0.850. The molecule has 0 saturated heterocycles. The number of hydrogen-bond donors (Lipinski definition) is 1. The van der Waals surface area contributed by atoms with Crippen molar-refractivity contribution < 1.29 is 9.84 Å². The summed E-state index contributed by atoms with van der Waals surface area (Å²) in [6, 6.07) is 10.2. The molecule has 2 aromatic rings. The molecule has 0 aliphatic heterocycles. The van der Waals surface area contributed by atoms with Crippen LogP contribution in [0, 0.1) is 0 Å². The fourth-order valence-corrected chi connectivity index (χ4v) is 3.01. The van der Waals surface area contributed by atoms with Gasteiger partial charge in [0.05, 0.1) is 6.10 Å². The molecular weight excluding hydrogens is 244 g/mol. The zero-order chi connectivity index (χ0) is 12.4. The number of rotatable bonds is 3. The molecule has 1 aromatic carbocycles. The van der Waals surface area contributed by atoms with Gasteiger partial charge in [-0.25, -0.2) is 0 Å². The molecule has 1 N–H and O–H groups in total. The topological polar surface area (TPSA) is 29.5 Å². The van der Waals surface area contributed by atoms with E-state index >= 15 is 0 Å². The highest BCUT2D eigenvalue weighted by molar-refractivity contribution is 7.09. The third kappa shape index (κ3) is 2.42. The maximum absolute atomic E-state index is 9.98. The largest absolute Gasteiger partial charge is 0.488 e. The number of ether oxygens (including phenoxy) is 1. The van der Waals surface area contributed by atoms with Crippen molar-refractivity contribution in [2.75, 3.05) is 0 Å². The average Bonchev–Trinajstić information content (AvgIpc) is 2.90. The molecule has 3 heteroatoms. The molecule has 0 spiro atoms. The minimum Gasteiger partial charge on any atom is -0.488 e. The fraction of sp³-hybridized carbons (Fsp3) is 0.333. The predicted octanol–water partition coefficient (Wildman–Crippen LogP) is 3.70. The highest BCUT2D eigenvalue weighted by Gasteiger charge is 2.18. The summed E-state index contributed by atoms with van der Waals surface area (Å²) in [5.41, 5.74) is 2.31. The van der Waals surface area contributed by atoms with Gasteiger partial charge in [-0.05, 0) is 54.0 Å². The van der Waals surface area contributed by atoms with Gasteiger partial charge < -0.3 is 9.84 Å². The van der Waals surface area contributed by atoms with E-state index in [1.807, 2.05) is 18.2 Å². The monoisotopic (exact) mass is 260 g/mol. The van der Waals surface area contributed by atoms with Gasteiger partial charge in [-0.15, -0.1) is 11.3 Å². The van der Waals surface area contributed by atoms with Crippen molar-refractivity contribution in [3.05, 3.63) is 51.7 Å². The second-order valence-corrected chi connectivity index (χ2v) is 5.67. The van der Waals surface area contributed by atoms with Gasteiger partial charge in [-0.1, -0.05) is 12.1 Å². The van der Waals surface area contributed by atoms with Crippen LogP contribution in [-0.4, -0.2) is 5.11 Å². The van der Waals surface area contributed by atoms with Crippen LogP contribution in [0.4, 0.5) is 0 Å². The minimum absolute atomic E-state index is 0.320. The van der Waals surface area contributed by atoms with Gasteiger partial charge in [0.2, 0.25) is 0 Å². The van der Waals surface area contributed by atoms with Crippen molar-refractivity contribution in [3.63, 3.8) is 0 Å². The smallest absolute Gasteiger partial charge is 0.122 e. The van der Waals surface area contributed by atoms with Crippen molar-refractivity contribution in [2.24, 2.45) is 0 Å². The summed E-state index contributed by atoms with van der Waals surface area (Å²) < 4.78 is 5.76. The molecule has 1 aliphatic rings. The molecule has 3 rings (SSSR count). The molecule has 1 heterocycles. The Hall–Kier alpha value is -1.32. The first-order valence-electron chi connectivity index (χ1n) is 6.29. The minimum atomic E-state index is -0.320. The molecule has 0 bridgehead atoms. The standard InChI is InChI=1S/C15H16O2S/c16-15-5-1-3-11-6-7-12(9-14(11)15)17-10-13-4-2-8-18-13/h2,4,6-9,15-16H,1,3,5,10H2/t15-/m0/s1. The van der Waals surface area contributed by atoms with Crippen molar-refractivity contribution in [1.82, 2.24) is 0 Å². The number of hydrogen-bond acceptors (Lipinski definition) is 3. The summed E-state index contributed by atoms with van der Waals surface area (Å²) in [4.78, 5) is 1.22. The first-order chi connectivity index (χ1) is 8.83. The van der Waals surface area contributed by atoms with E-state index in [1.165, 1.54) is 10.4 Å². The van der Waals surface area contributed by atoms with E-state index in [2.05, 4.69) is 17.5 Å². The van der Waals surface area contributed by atoms with Crippen LogP contribution in [0.25, 0.3) is 0 Å². The van der Waals surface area contributed by atoms with Crippen molar-refractivity contribution >= 4 is 11.3 Å². The molecule has 0 fully saturated rings. The predicted molar refractivity (Wildman–Crippen MR) is 73.0 cm³/mol. The average molecular weight is 260 g/mol. The normalized spacial score (nSPS) is 18.4. The SMILES string of the molecule is O[C@H]1CCCc2ccc(OCc3cccs3)cc21. The Balaban J connectivity index is 1.75. The van der Waals surface area contributed by atoms with Crippen LogP contribution in [-0.2, 0) is 13.0 Å². The quantitative estimate of drug-likeness (QED) is 0.912. The maximum atomic E-state index is 9.98. The molecule has 0 radical (unpaired) electrons. The van der Waals surface area contributed by atoms with E-state index in [9.17, 15) is 5.11 Å². The first-order valence-corrected chi connectivity index (χ1v) is 7.17. The molecule has 1 atom stereocenters. The van der Waals surface area contributed by atoms with Crippen LogP contribution in [0.2, 0.25) is 0 Å². The van der Waals surface area contributed by atoms with E-state index in [-0.39, 0.29) is 6.10 Å². The van der Waals surface area contributed by atoms with E-state index in [4.69, 9.17) is 4.74 Å². The van der Waals surface area contributed by atoms with Gasteiger partial charge in [-0.2, -0.15) is 0 Å². The highest BCUT2D eigenvalue weighted by Crippen LogP contribution is 2.32. The second-order valence-electron chi connectivity index (χ2n) is 4.64. The van der Waals surface area contributed by atoms with Gasteiger partial charge >= 0.3 is 0 Å². The Kier molecular flexibility index (Phi) is 3.35. The Morgan fingerprint density at radius 1 is 1.33 bits per heavy atom. The van der Waals surface area contributed by atoms with E-state index in [0.29, 0.717) is 6.61 Å². The molecule has 1 aromatic heterocycles. The Morgan fingerprint density at radius 3 is 3.11 bits per heavy atom. The zero-order valence-electron chi connectivity index (χ0n) is 10.1. The van der Waals surface area contributed by atoms with Crippen LogP contribution < -0.4 is 4.74 Å². The van der Waals surface area contributed by atoms with E-state index in [1.54, 1.807) is 11.3 Å². The van der Waals surface area contributed by atoms with Crippen LogP contribution in [0.15, 0.2) is 35.7 Å². The molecule has 0 amide bonds. The van der Waals surface area contributed by atoms with Gasteiger partial charge in [-0.3, -0.25) is 0 Å². The lowest BCUT2D eigenvalue weighted by Crippen LogP contribution is -2.09. The lowest BCUT2D eigenvalue weighted by molar-refractivity contribution is 0.156. The van der Waals surface area contributed by atoms with Gasteiger partial charge in [0.1, 0.15) is 12.4 Å². The Labute approximate surface area is 111 Å². The molecule has 2 nitrogen and oxygen atoms in total. The van der Waals surface area contributed by atoms with Crippen LogP contribution in [0.1, 0.15) is 34.9 Å². The molecule has 0 unspecified atom stereocenters. The van der Waals surface area contributed by atoms with Gasteiger partial charge in [0, 0.05) is 4.88 Å². The van der Waals surface area contributed by atoms with Crippen LogP contribution in [0.3, 0.4) is 0 Å². The second kappa shape index (κ2) is 5.12. The summed E-state index contributed by atoms with van der Waals surface area (Å²) >= 11 is 1.70. The molecule has 18 heavy (non-hydrogen) atoms. The molecule has 1 aliphatic carbocycles. The zero-order valence-corrected chi connectivity index (χ0v) is 11.0. The summed E-state index contributed by atoms with van der Waals surface area (Å²) in [6.45, 7) is 0.604. The Bertz CT molecular complexity index is 519. The first kappa shape index (κ1) is 11.8.